The molecule has 1 aromatic rings. The van der Waals surface area contributed by atoms with Crippen LogP contribution in [0.25, 0.3) is 0 Å². The highest BCUT2D eigenvalue weighted by molar-refractivity contribution is 5.23. The Labute approximate surface area is 101 Å². The van der Waals surface area contributed by atoms with Gasteiger partial charge >= 0.3 is 0 Å². The molecular weight excluding hydrogens is 222 g/mol. The summed E-state index contributed by atoms with van der Waals surface area (Å²) in [4.78, 5) is 0. The van der Waals surface area contributed by atoms with Crippen LogP contribution in [0.5, 0.6) is 0 Å². The summed E-state index contributed by atoms with van der Waals surface area (Å²) in [6.45, 7) is 2.71. The van der Waals surface area contributed by atoms with Gasteiger partial charge in [0.2, 0.25) is 0 Å². The van der Waals surface area contributed by atoms with E-state index in [1.54, 1.807) is 12.1 Å². The van der Waals surface area contributed by atoms with Crippen molar-refractivity contribution in [2.45, 2.75) is 44.6 Å². The van der Waals surface area contributed by atoms with Gasteiger partial charge in [-0.3, -0.25) is 0 Å². The lowest BCUT2D eigenvalue weighted by molar-refractivity contribution is 0.0325. The molecule has 0 spiro atoms. The zero-order valence-corrected chi connectivity index (χ0v) is 10.1. The second kappa shape index (κ2) is 5.58. The molecule has 1 nitrogen and oxygen atoms in total. The molecule has 1 saturated carbocycles. The van der Waals surface area contributed by atoms with E-state index in [4.69, 9.17) is 4.74 Å². The van der Waals surface area contributed by atoms with Crippen molar-refractivity contribution in [3.8, 4) is 0 Å². The average molecular weight is 240 g/mol. The third kappa shape index (κ3) is 2.83. The van der Waals surface area contributed by atoms with Gasteiger partial charge in [-0.2, -0.15) is 0 Å². The van der Waals surface area contributed by atoms with Gasteiger partial charge in [-0.05, 0) is 50.2 Å². The van der Waals surface area contributed by atoms with Crippen molar-refractivity contribution in [2.75, 3.05) is 6.61 Å². The summed E-state index contributed by atoms with van der Waals surface area (Å²) >= 11 is 0. The normalized spacial score (nSPS) is 24.9. The quantitative estimate of drug-likeness (QED) is 0.775. The molecule has 0 unspecified atom stereocenters. The lowest BCUT2D eigenvalue weighted by Crippen LogP contribution is -2.21. The fraction of sp³-hybridized carbons (Fsp3) is 0.571. The SMILES string of the molecule is CCOC1CCC(c2cccc(F)c2F)CC1. The maximum Gasteiger partial charge on any atom is 0.162 e. The smallest absolute Gasteiger partial charge is 0.162 e. The number of hydrogen-bond acceptors (Lipinski definition) is 1. The number of ether oxygens (including phenoxy) is 1. The Morgan fingerprint density at radius 1 is 1.18 bits per heavy atom. The van der Waals surface area contributed by atoms with Crippen molar-refractivity contribution in [3.05, 3.63) is 35.4 Å². The van der Waals surface area contributed by atoms with Gasteiger partial charge in [0.15, 0.2) is 11.6 Å². The van der Waals surface area contributed by atoms with E-state index in [1.807, 2.05) is 6.92 Å². The largest absolute Gasteiger partial charge is 0.379 e. The Morgan fingerprint density at radius 2 is 1.88 bits per heavy atom. The molecule has 1 aromatic carbocycles. The second-order valence-corrected chi connectivity index (χ2v) is 4.57. The third-order valence-corrected chi connectivity index (χ3v) is 3.50. The van der Waals surface area contributed by atoms with Crippen LogP contribution >= 0.6 is 0 Å². The average Bonchev–Trinajstić information content (AvgIpc) is 2.34. The first-order valence-corrected chi connectivity index (χ1v) is 6.28. The Balaban J connectivity index is 2.03. The van der Waals surface area contributed by atoms with Crippen molar-refractivity contribution in [1.82, 2.24) is 0 Å². The van der Waals surface area contributed by atoms with Crippen LogP contribution < -0.4 is 0 Å². The molecule has 0 radical (unpaired) electrons. The summed E-state index contributed by atoms with van der Waals surface area (Å²) in [6.07, 6.45) is 3.94. The van der Waals surface area contributed by atoms with Gasteiger partial charge in [0.1, 0.15) is 0 Å². The first-order valence-electron chi connectivity index (χ1n) is 6.28. The van der Waals surface area contributed by atoms with Crippen molar-refractivity contribution in [3.63, 3.8) is 0 Å². The van der Waals surface area contributed by atoms with E-state index in [-0.39, 0.29) is 5.92 Å². The fourth-order valence-electron chi connectivity index (χ4n) is 2.61. The molecule has 0 aromatic heterocycles. The predicted molar refractivity (Wildman–Crippen MR) is 63.0 cm³/mol. The highest BCUT2D eigenvalue weighted by Crippen LogP contribution is 2.35. The Hall–Kier alpha value is -0.960. The first-order chi connectivity index (χ1) is 8.22. The van der Waals surface area contributed by atoms with Gasteiger partial charge in [-0.1, -0.05) is 12.1 Å². The van der Waals surface area contributed by atoms with Gasteiger partial charge in [-0.25, -0.2) is 8.78 Å². The van der Waals surface area contributed by atoms with E-state index in [0.717, 1.165) is 32.3 Å². The Bertz CT molecular complexity index is 370. The molecule has 3 heteroatoms. The van der Waals surface area contributed by atoms with E-state index in [1.165, 1.54) is 6.07 Å². The van der Waals surface area contributed by atoms with E-state index >= 15 is 0 Å². The van der Waals surface area contributed by atoms with Crippen LogP contribution in [0, 0.1) is 11.6 Å². The standard InChI is InChI=1S/C14H18F2O/c1-2-17-11-8-6-10(7-9-11)12-4-3-5-13(15)14(12)16/h3-5,10-11H,2,6-9H2,1H3. The molecule has 2 rings (SSSR count). The zero-order chi connectivity index (χ0) is 12.3. The van der Waals surface area contributed by atoms with Crippen LogP contribution in [0.3, 0.4) is 0 Å². The van der Waals surface area contributed by atoms with E-state index in [2.05, 4.69) is 0 Å². The van der Waals surface area contributed by atoms with Gasteiger partial charge in [0.05, 0.1) is 6.10 Å². The maximum absolute atomic E-state index is 13.6. The summed E-state index contributed by atoms with van der Waals surface area (Å²) in [6, 6.07) is 4.46. The van der Waals surface area contributed by atoms with E-state index in [9.17, 15) is 8.78 Å². The van der Waals surface area contributed by atoms with Crippen LogP contribution in [0.2, 0.25) is 0 Å². The van der Waals surface area contributed by atoms with Crippen LogP contribution in [0.15, 0.2) is 18.2 Å². The first kappa shape index (κ1) is 12.5. The minimum atomic E-state index is -0.741. The van der Waals surface area contributed by atoms with Crippen LogP contribution in [-0.4, -0.2) is 12.7 Å². The molecule has 0 heterocycles. The molecule has 94 valence electrons. The van der Waals surface area contributed by atoms with Crippen LogP contribution in [-0.2, 0) is 4.74 Å². The summed E-state index contributed by atoms with van der Waals surface area (Å²) in [5.41, 5.74) is 0.528. The van der Waals surface area contributed by atoms with Crippen molar-refractivity contribution in [1.29, 1.82) is 0 Å². The predicted octanol–water partition coefficient (Wildman–Crippen LogP) is 4.03. The molecule has 1 aliphatic rings. The van der Waals surface area contributed by atoms with E-state index < -0.39 is 11.6 Å². The highest BCUT2D eigenvalue weighted by Gasteiger charge is 2.25. The fourth-order valence-corrected chi connectivity index (χ4v) is 2.61. The number of rotatable bonds is 3. The van der Waals surface area contributed by atoms with Gasteiger partial charge in [-0.15, -0.1) is 0 Å². The zero-order valence-electron chi connectivity index (χ0n) is 10.1. The molecule has 17 heavy (non-hydrogen) atoms. The minimum Gasteiger partial charge on any atom is -0.379 e. The van der Waals surface area contributed by atoms with Gasteiger partial charge in [0, 0.05) is 6.61 Å². The minimum absolute atomic E-state index is 0.141. The maximum atomic E-state index is 13.6. The molecule has 1 fully saturated rings. The monoisotopic (exact) mass is 240 g/mol. The lowest BCUT2D eigenvalue weighted by Gasteiger charge is -2.28. The number of benzene rings is 1. The Morgan fingerprint density at radius 3 is 2.53 bits per heavy atom. The Kier molecular flexibility index (Phi) is 4.11. The summed E-state index contributed by atoms with van der Waals surface area (Å²) in [5, 5.41) is 0. The van der Waals surface area contributed by atoms with Gasteiger partial charge < -0.3 is 4.74 Å². The topological polar surface area (TPSA) is 9.23 Å². The molecule has 1 aliphatic carbocycles. The molecule has 0 bridgehead atoms. The summed E-state index contributed by atoms with van der Waals surface area (Å²) in [5.74, 6) is -1.27. The summed E-state index contributed by atoms with van der Waals surface area (Å²) in [7, 11) is 0. The molecule has 0 amide bonds. The highest BCUT2D eigenvalue weighted by atomic mass is 19.2. The molecule has 0 aliphatic heterocycles. The molecule has 0 atom stereocenters. The van der Waals surface area contributed by atoms with Gasteiger partial charge in [0.25, 0.3) is 0 Å². The van der Waals surface area contributed by atoms with Crippen molar-refractivity contribution < 1.29 is 13.5 Å². The molecular formula is C14H18F2O. The van der Waals surface area contributed by atoms with Crippen molar-refractivity contribution in [2.24, 2.45) is 0 Å². The number of halogens is 2. The number of hydrogen-bond donors (Lipinski definition) is 0. The molecule has 0 saturated heterocycles. The third-order valence-electron chi connectivity index (χ3n) is 3.50. The van der Waals surface area contributed by atoms with Crippen LogP contribution in [0.1, 0.15) is 44.1 Å². The lowest BCUT2D eigenvalue weighted by atomic mass is 9.82. The molecule has 0 N–H and O–H groups in total. The summed E-state index contributed by atoms with van der Waals surface area (Å²) < 4.78 is 32.3. The van der Waals surface area contributed by atoms with E-state index in [0.29, 0.717) is 11.7 Å². The van der Waals surface area contributed by atoms with Crippen LogP contribution in [0.4, 0.5) is 8.78 Å². The van der Waals surface area contributed by atoms with Crippen molar-refractivity contribution >= 4 is 0 Å². The second-order valence-electron chi connectivity index (χ2n) is 4.57.